The number of aromatic nitrogens is 4. The van der Waals surface area contributed by atoms with E-state index in [4.69, 9.17) is 14.3 Å². The van der Waals surface area contributed by atoms with Gasteiger partial charge in [-0.1, -0.05) is 12.1 Å². The Hall–Kier alpha value is -3.21. The Morgan fingerprint density at radius 1 is 1.30 bits per heavy atom. The van der Waals surface area contributed by atoms with Gasteiger partial charge in [0.25, 0.3) is 0 Å². The van der Waals surface area contributed by atoms with Crippen molar-refractivity contribution in [2.24, 2.45) is 13.0 Å². The van der Waals surface area contributed by atoms with E-state index in [0.29, 0.717) is 47.9 Å². The number of pyridine rings is 1. The molecule has 2 aromatic heterocycles. The van der Waals surface area contributed by atoms with Crippen LogP contribution < -0.4 is 4.74 Å². The molecule has 33 heavy (non-hydrogen) atoms. The summed E-state index contributed by atoms with van der Waals surface area (Å²) in [5.74, 6) is -0.530. The smallest absolute Gasteiger partial charge is 0.489 e. The summed E-state index contributed by atoms with van der Waals surface area (Å²) < 4.78 is 12.8. The number of hydroxylamine groups is 2. The molecule has 0 unspecified atom stereocenters. The number of carboxylic acids is 1. The van der Waals surface area contributed by atoms with Crippen LogP contribution in [-0.2, 0) is 28.0 Å². The fraction of sp³-hybridized carbons (Fsp3) is 0.591. The van der Waals surface area contributed by atoms with Crippen LogP contribution in [0.5, 0.6) is 5.75 Å². The van der Waals surface area contributed by atoms with Crippen molar-refractivity contribution in [3.05, 3.63) is 23.5 Å². The van der Waals surface area contributed by atoms with Crippen LogP contribution in [0.4, 0.5) is 4.79 Å². The summed E-state index contributed by atoms with van der Waals surface area (Å²) in [6.07, 6.45) is 2.70. The van der Waals surface area contributed by atoms with E-state index in [0.717, 1.165) is 19.3 Å². The van der Waals surface area contributed by atoms with E-state index in [-0.39, 0.29) is 18.6 Å². The van der Waals surface area contributed by atoms with Crippen molar-refractivity contribution in [1.82, 2.24) is 25.0 Å². The first kappa shape index (κ1) is 24.4. The lowest BCUT2D eigenvalue weighted by atomic mass is 9.87. The summed E-state index contributed by atoms with van der Waals surface area (Å²) in [7, 11) is 3.36. The SMILES string of the molecule is CCCN(C)OC(=O)OCc1c(-c2ccc(O[C@@H]3CCC[C@@H](C(=O)O)C3)c(C)n2)nnn1C. The number of hydrogen-bond donors (Lipinski definition) is 1. The molecular weight excluding hydrogens is 430 g/mol. The van der Waals surface area contributed by atoms with Gasteiger partial charge in [-0.3, -0.25) is 4.79 Å². The quantitative estimate of drug-likeness (QED) is 0.439. The lowest BCUT2D eigenvalue weighted by Gasteiger charge is -2.27. The maximum absolute atomic E-state index is 11.9. The monoisotopic (exact) mass is 461 g/mol. The van der Waals surface area contributed by atoms with Crippen molar-refractivity contribution in [2.45, 2.75) is 58.7 Å². The number of nitrogens with zero attached hydrogens (tertiary/aromatic N) is 5. The van der Waals surface area contributed by atoms with Gasteiger partial charge in [0, 0.05) is 20.6 Å². The zero-order valence-electron chi connectivity index (χ0n) is 19.5. The minimum atomic E-state index is -0.807. The molecule has 11 heteroatoms. The minimum Gasteiger partial charge on any atom is -0.489 e. The predicted molar refractivity (Wildman–Crippen MR) is 117 cm³/mol. The number of aliphatic carboxylic acids is 1. The van der Waals surface area contributed by atoms with Crippen molar-refractivity contribution >= 4 is 12.1 Å². The van der Waals surface area contributed by atoms with E-state index >= 15 is 0 Å². The topological polar surface area (TPSA) is 129 Å². The van der Waals surface area contributed by atoms with Crippen molar-refractivity contribution < 1.29 is 29.0 Å². The van der Waals surface area contributed by atoms with Gasteiger partial charge >= 0.3 is 12.1 Å². The molecule has 1 fully saturated rings. The second-order valence-electron chi connectivity index (χ2n) is 8.21. The van der Waals surface area contributed by atoms with Gasteiger partial charge in [-0.15, -0.1) is 10.2 Å². The first-order chi connectivity index (χ1) is 15.8. The molecule has 11 nitrogen and oxygen atoms in total. The summed E-state index contributed by atoms with van der Waals surface area (Å²) in [6, 6.07) is 3.57. The molecule has 0 radical (unpaired) electrons. The van der Waals surface area contributed by atoms with Crippen LogP contribution in [0.2, 0.25) is 0 Å². The second-order valence-corrected chi connectivity index (χ2v) is 8.21. The van der Waals surface area contributed by atoms with Crippen molar-refractivity contribution in [2.75, 3.05) is 13.6 Å². The molecule has 1 N–H and O–H groups in total. The second kappa shape index (κ2) is 11.1. The lowest BCUT2D eigenvalue weighted by molar-refractivity contribution is -0.143. The van der Waals surface area contributed by atoms with Gasteiger partial charge in [0.2, 0.25) is 0 Å². The zero-order valence-corrected chi connectivity index (χ0v) is 19.5. The molecule has 0 aromatic carbocycles. The van der Waals surface area contributed by atoms with Crippen LogP contribution >= 0.6 is 0 Å². The molecule has 1 saturated carbocycles. The van der Waals surface area contributed by atoms with Crippen LogP contribution in [0, 0.1) is 12.8 Å². The van der Waals surface area contributed by atoms with Gasteiger partial charge < -0.3 is 19.4 Å². The molecule has 1 aliphatic rings. The normalized spacial score (nSPS) is 18.2. The minimum absolute atomic E-state index is 0.0741. The van der Waals surface area contributed by atoms with Crippen molar-refractivity contribution in [3.8, 4) is 17.1 Å². The third-order valence-electron chi connectivity index (χ3n) is 5.59. The number of carbonyl (C=O) groups is 2. The standard InChI is InChI=1S/C22H31N5O6/c1-5-11-26(3)33-22(30)31-13-18-20(24-25-27(18)4)17-9-10-19(14(2)23-17)32-16-8-6-7-15(12-16)21(28)29/h9-10,15-16H,5-8,11-13H2,1-4H3,(H,28,29)/t15-,16-/m1/s1. The average Bonchev–Trinajstić information content (AvgIpc) is 3.14. The Bertz CT molecular complexity index is 978. The predicted octanol–water partition coefficient (Wildman–Crippen LogP) is 3.12. The summed E-state index contributed by atoms with van der Waals surface area (Å²) in [5, 5.41) is 18.9. The number of hydrogen-bond acceptors (Lipinski definition) is 9. The lowest BCUT2D eigenvalue weighted by Crippen LogP contribution is -2.29. The molecule has 0 saturated heterocycles. The summed E-state index contributed by atoms with van der Waals surface area (Å²) >= 11 is 0. The zero-order chi connectivity index (χ0) is 24.0. The maximum Gasteiger partial charge on any atom is 0.528 e. The van der Waals surface area contributed by atoms with Gasteiger partial charge in [-0.2, -0.15) is 0 Å². The number of carbonyl (C=O) groups excluding carboxylic acids is 1. The molecular formula is C22H31N5O6. The Kier molecular flexibility index (Phi) is 8.21. The Labute approximate surface area is 192 Å². The highest BCUT2D eigenvalue weighted by molar-refractivity contribution is 5.70. The highest BCUT2D eigenvalue weighted by Crippen LogP contribution is 2.30. The van der Waals surface area contributed by atoms with Crippen molar-refractivity contribution in [1.29, 1.82) is 0 Å². The average molecular weight is 462 g/mol. The number of carboxylic acid groups (broad SMARTS) is 1. The first-order valence-corrected chi connectivity index (χ1v) is 11.1. The Morgan fingerprint density at radius 2 is 2.09 bits per heavy atom. The maximum atomic E-state index is 11.9. The van der Waals surface area contributed by atoms with Gasteiger partial charge in [-0.05, 0) is 51.2 Å². The van der Waals surface area contributed by atoms with Gasteiger partial charge in [0.1, 0.15) is 23.7 Å². The van der Waals surface area contributed by atoms with Gasteiger partial charge in [0.15, 0.2) is 0 Å². The van der Waals surface area contributed by atoms with Crippen LogP contribution in [-0.4, -0.2) is 62.0 Å². The highest BCUT2D eigenvalue weighted by atomic mass is 16.8. The summed E-state index contributed by atoms with van der Waals surface area (Å²) in [4.78, 5) is 32.9. The van der Waals surface area contributed by atoms with E-state index in [9.17, 15) is 14.7 Å². The van der Waals surface area contributed by atoms with E-state index in [2.05, 4.69) is 15.3 Å². The first-order valence-electron chi connectivity index (χ1n) is 11.1. The molecule has 2 heterocycles. The van der Waals surface area contributed by atoms with Crippen LogP contribution in [0.25, 0.3) is 11.4 Å². The summed E-state index contributed by atoms with van der Waals surface area (Å²) in [5.41, 5.74) is 2.28. The van der Waals surface area contributed by atoms with Gasteiger partial charge in [0.05, 0.1) is 23.4 Å². The fourth-order valence-electron chi connectivity index (χ4n) is 3.84. The molecule has 0 aliphatic heterocycles. The molecule has 2 atom stereocenters. The molecule has 0 spiro atoms. The Balaban J connectivity index is 1.67. The Morgan fingerprint density at radius 3 is 2.79 bits per heavy atom. The molecule has 1 aliphatic carbocycles. The molecule has 3 rings (SSSR count). The van der Waals surface area contributed by atoms with E-state index in [1.165, 1.54) is 9.75 Å². The molecule has 180 valence electrons. The van der Waals surface area contributed by atoms with Gasteiger partial charge in [-0.25, -0.2) is 14.5 Å². The number of aryl methyl sites for hydroxylation is 2. The fourth-order valence-corrected chi connectivity index (χ4v) is 3.84. The largest absolute Gasteiger partial charge is 0.528 e. The van der Waals surface area contributed by atoms with Crippen LogP contribution in [0.15, 0.2) is 12.1 Å². The van der Waals surface area contributed by atoms with Crippen LogP contribution in [0.3, 0.4) is 0 Å². The third kappa shape index (κ3) is 6.41. The number of ether oxygens (including phenoxy) is 2. The molecule has 0 bridgehead atoms. The van der Waals surface area contributed by atoms with Crippen LogP contribution in [0.1, 0.15) is 50.4 Å². The summed E-state index contributed by atoms with van der Waals surface area (Å²) in [6.45, 7) is 4.33. The third-order valence-corrected chi connectivity index (χ3v) is 5.59. The highest BCUT2D eigenvalue weighted by Gasteiger charge is 2.28. The molecule has 2 aromatic rings. The van der Waals surface area contributed by atoms with E-state index < -0.39 is 12.1 Å². The number of rotatable bonds is 9. The molecule has 0 amide bonds. The van der Waals surface area contributed by atoms with E-state index in [1.54, 1.807) is 26.2 Å². The van der Waals surface area contributed by atoms with Crippen molar-refractivity contribution in [3.63, 3.8) is 0 Å². The van der Waals surface area contributed by atoms with E-state index in [1.807, 2.05) is 13.8 Å².